The van der Waals surface area contributed by atoms with Crippen LogP contribution in [0.2, 0.25) is 5.02 Å². The summed E-state index contributed by atoms with van der Waals surface area (Å²) in [5, 5.41) is 0.800. The molecule has 1 atom stereocenters. The van der Waals surface area contributed by atoms with E-state index in [4.69, 9.17) is 16.3 Å². The SMILES string of the molecule is Cc1ccc(N2CCN(CC3CN(Cc4ccc(Cl)cc4)CCO3)CC2)cc1C. The lowest BCUT2D eigenvalue weighted by atomic mass is 10.1. The maximum absolute atomic E-state index is 6.09. The van der Waals surface area contributed by atoms with Gasteiger partial charge in [0, 0.05) is 63.1 Å². The van der Waals surface area contributed by atoms with Gasteiger partial charge in [0.2, 0.25) is 0 Å². The predicted molar refractivity (Wildman–Crippen MR) is 121 cm³/mol. The first kappa shape index (κ1) is 20.7. The van der Waals surface area contributed by atoms with Crippen LogP contribution in [0.1, 0.15) is 16.7 Å². The zero-order valence-electron chi connectivity index (χ0n) is 17.6. The normalized spacial score (nSPS) is 21.5. The molecule has 156 valence electrons. The molecule has 1 unspecified atom stereocenters. The van der Waals surface area contributed by atoms with Crippen molar-refractivity contribution in [3.05, 3.63) is 64.2 Å². The lowest BCUT2D eigenvalue weighted by Gasteiger charge is -2.40. The number of ether oxygens (including phenoxy) is 1. The van der Waals surface area contributed by atoms with Gasteiger partial charge in [0.15, 0.2) is 0 Å². The number of rotatable bonds is 5. The van der Waals surface area contributed by atoms with E-state index < -0.39 is 0 Å². The minimum atomic E-state index is 0.296. The van der Waals surface area contributed by atoms with Crippen molar-refractivity contribution in [1.29, 1.82) is 0 Å². The third-order valence-electron chi connectivity index (χ3n) is 6.23. The van der Waals surface area contributed by atoms with Crippen molar-refractivity contribution >= 4 is 17.3 Å². The number of piperazine rings is 1. The molecule has 0 aromatic heterocycles. The second kappa shape index (κ2) is 9.48. The topological polar surface area (TPSA) is 19.0 Å². The lowest BCUT2D eigenvalue weighted by molar-refractivity contribution is -0.0463. The molecule has 4 nitrogen and oxygen atoms in total. The molecule has 5 heteroatoms. The minimum Gasteiger partial charge on any atom is -0.374 e. The molecule has 4 rings (SSSR count). The first-order valence-electron chi connectivity index (χ1n) is 10.7. The van der Waals surface area contributed by atoms with Gasteiger partial charge < -0.3 is 9.64 Å². The zero-order valence-corrected chi connectivity index (χ0v) is 18.4. The smallest absolute Gasteiger partial charge is 0.0829 e. The molecule has 2 fully saturated rings. The molecule has 2 aromatic rings. The van der Waals surface area contributed by atoms with Crippen molar-refractivity contribution in [3.63, 3.8) is 0 Å². The first-order chi connectivity index (χ1) is 14.1. The summed E-state index contributed by atoms with van der Waals surface area (Å²) < 4.78 is 6.09. The maximum Gasteiger partial charge on any atom is 0.0829 e. The molecule has 0 aliphatic carbocycles. The quantitative estimate of drug-likeness (QED) is 0.737. The Bertz CT molecular complexity index is 802. The van der Waals surface area contributed by atoms with Crippen LogP contribution < -0.4 is 4.90 Å². The number of benzene rings is 2. The predicted octanol–water partition coefficient (Wildman–Crippen LogP) is 3.98. The van der Waals surface area contributed by atoms with Crippen LogP contribution in [-0.2, 0) is 11.3 Å². The van der Waals surface area contributed by atoms with Crippen molar-refractivity contribution in [2.24, 2.45) is 0 Å². The van der Waals surface area contributed by atoms with Gasteiger partial charge in [-0.1, -0.05) is 29.8 Å². The fraction of sp³-hybridized carbons (Fsp3) is 0.500. The number of aryl methyl sites for hydroxylation is 2. The molecular formula is C24H32ClN3O. The van der Waals surface area contributed by atoms with Crippen molar-refractivity contribution in [3.8, 4) is 0 Å². The second-order valence-electron chi connectivity index (χ2n) is 8.41. The number of anilines is 1. The average Bonchev–Trinajstić information content (AvgIpc) is 2.73. The summed E-state index contributed by atoms with van der Waals surface area (Å²) in [5.41, 5.74) is 5.42. The highest BCUT2D eigenvalue weighted by Crippen LogP contribution is 2.21. The van der Waals surface area contributed by atoms with E-state index in [-0.39, 0.29) is 0 Å². The number of hydrogen-bond acceptors (Lipinski definition) is 4. The molecule has 0 radical (unpaired) electrons. The van der Waals surface area contributed by atoms with Gasteiger partial charge in [0.1, 0.15) is 0 Å². The molecule has 2 aliphatic rings. The lowest BCUT2D eigenvalue weighted by Crippen LogP contribution is -2.52. The van der Waals surface area contributed by atoms with Gasteiger partial charge in [-0.2, -0.15) is 0 Å². The Morgan fingerprint density at radius 3 is 2.38 bits per heavy atom. The van der Waals surface area contributed by atoms with Crippen molar-refractivity contribution in [2.75, 3.05) is 57.3 Å². The van der Waals surface area contributed by atoms with E-state index in [0.29, 0.717) is 6.10 Å². The van der Waals surface area contributed by atoms with Crippen LogP contribution in [0.25, 0.3) is 0 Å². The molecule has 2 heterocycles. The van der Waals surface area contributed by atoms with Crippen molar-refractivity contribution in [1.82, 2.24) is 9.80 Å². The monoisotopic (exact) mass is 413 g/mol. The Morgan fingerprint density at radius 1 is 0.897 bits per heavy atom. The molecule has 0 bridgehead atoms. The zero-order chi connectivity index (χ0) is 20.2. The van der Waals surface area contributed by atoms with Crippen LogP contribution in [0.15, 0.2) is 42.5 Å². The molecule has 0 spiro atoms. The van der Waals surface area contributed by atoms with Crippen LogP contribution in [-0.4, -0.2) is 68.3 Å². The van der Waals surface area contributed by atoms with Crippen LogP contribution >= 0.6 is 11.6 Å². The van der Waals surface area contributed by atoms with Crippen LogP contribution in [0.3, 0.4) is 0 Å². The highest BCUT2D eigenvalue weighted by molar-refractivity contribution is 6.30. The van der Waals surface area contributed by atoms with Gasteiger partial charge in [0.05, 0.1) is 12.7 Å². The largest absolute Gasteiger partial charge is 0.374 e. The van der Waals surface area contributed by atoms with Crippen LogP contribution in [0, 0.1) is 13.8 Å². The summed E-state index contributed by atoms with van der Waals surface area (Å²) >= 11 is 6.01. The number of hydrogen-bond donors (Lipinski definition) is 0. The standard InChI is InChI=1S/C24H32ClN3O/c1-19-3-8-23(15-20(19)2)28-11-9-26(10-12-28)17-24-18-27(13-14-29-24)16-21-4-6-22(25)7-5-21/h3-8,15,24H,9-14,16-18H2,1-2H3. The van der Waals surface area contributed by atoms with E-state index >= 15 is 0 Å². The van der Waals surface area contributed by atoms with E-state index in [2.05, 4.69) is 58.9 Å². The van der Waals surface area contributed by atoms with Crippen molar-refractivity contribution in [2.45, 2.75) is 26.5 Å². The highest BCUT2D eigenvalue weighted by Gasteiger charge is 2.25. The van der Waals surface area contributed by atoms with Gasteiger partial charge in [-0.3, -0.25) is 9.80 Å². The molecule has 0 N–H and O–H groups in total. The first-order valence-corrected chi connectivity index (χ1v) is 11.1. The maximum atomic E-state index is 6.09. The molecule has 2 aliphatic heterocycles. The van der Waals surface area contributed by atoms with E-state index in [1.54, 1.807) is 0 Å². The Hall–Kier alpha value is -1.59. The third-order valence-corrected chi connectivity index (χ3v) is 6.48. The summed E-state index contributed by atoms with van der Waals surface area (Å²) in [6.45, 7) is 13.6. The fourth-order valence-corrected chi connectivity index (χ4v) is 4.41. The molecule has 0 amide bonds. The van der Waals surface area contributed by atoms with Crippen LogP contribution in [0.5, 0.6) is 0 Å². The summed E-state index contributed by atoms with van der Waals surface area (Å²) in [5.74, 6) is 0. The van der Waals surface area contributed by atoms with Crippen LogP contribution in [0.4, 0.5) is 5.69 Å². The molecular weight excluding hydrogens is 382 g/mol. The van der Waals surface area contributed by atoms with E-state index in [9.17, 15) is 0 Å². The van der Waals surface area contributed by atoms with E-state index in [1.807, 2.05) is 12.1 Å². The number of morpholine rings is 1. The Balaban J connectivity index is 1.25. The molecule has 2 aromatic carbocycles. The van der Waals surface area contributed by atoms with Gasteiger partial charge in [0.25, 0.3) is 0 Å². The number of halogens is 1. The van der Waals surface area contributed by atoms with Crippen molar-refractivity contribution < 1.29 is 4.74 Å². The minimum absolute atomic E-state index is 0.296. The Labute approximate surface area is 180 Å². The summed E-state index contributed by atoms with van der Waals surface area (Å²) in [6.07, 6.45) is 0.296. The average molecular weight is 414 g/mol. The molecule has 2 saturated heterocycles. The van der Waals surface area contributed by atoms with Gasteiger partial charge in [-0.15, -0.1) is 0 Å². The Kier molecular flexibility index (Phi) is 6.76. The van der Waals surface area contributed by atoms with E-state index in [0.717, 1.165) is 64.0 Å². The van der Waals surface area contributed by atoms with Gasteiger partial charge in [-0.05, 0) is 54.8 Å². The molecule has 0 saturated carbocycles. The Morgan fingerprint density at radius 2 is 1.66 bits per heavy atom. The second-order valence-corrected chi connectivity index (χ2v) is 8.85. The summed E-state index contributed by atoms with van der Waals surface area (Å²) in [7, 11) is 0. The summed E-state index contributed by atoms with van der Waals surface area (Å²) in [6, 6.07) is 15.0. The number of nitrogens with zero attached hydrogens (tertiary/aromatic N) is 3. The highest BCUT2D eigenvalue weighted by atomic mass is 35.5. The summed E-state index contributed by atoms with van der Waals surface area (Å²) in [4.78, 5) is 7.58. The van der Waals surface area contributed by atoms with Gasteiger partial charge in [-0.25, -0.2) is 0 Å². The van der Waals surface area contributed by atoms with Gasteiger partial charge >= 0.3 is 0 Å². The fourth-order valence-electron chi connectivity index (χ4n) is 4.28. The molecule has 29 heavy (non-hydrogen) atoms. The third kappa shape index (κ3) is 5.52. The van der Waals surface area contributed by atoms with E-state index in [1.165, 1.54) is 22.4 Å².